The van der Waals surface area contributed by atoms with Gasteiger partial charge in [0, 0.05) is 57.6 Å². The van der Waals surface area contributed by atoms with Crippen molar-refractivity contribution in [3.63, 3.8) is 0 Å². The lowest BCUT2D eigenvalue weighted by Crippen LogP contribution is -2.51. The molecule has 0 aliphatic carbocycles. The van der Waals surface area contributed by atoms with Crippen molar-refractivity contribution in [1.29, 1.82) is 0 Å². The van der Waals surface area contributed by atoms with Crippen LogP contribution in [0, 0.1) is 6.92 Å². The van der Waals surface area contributed by atoms with Crippen LogP contribution in [0.3, 0.4) is 0 Å². The van der Waals surface area contributed by atoms with Crippen molar-refractivity contribution in [2.45, 2.75) is 51.7 Å². The van der Waals surface area contributed by atoms with Gasteiger partial charge in [0.25, 0.3) is 0 Å². The van der Waals surface area contributed by atoms with Crippen molar-refractivity contribution in [3.05, 3.63) is 71.7 Å². The van der Waals surface area contributed by atoms with E-state index in [1.54, 1.807) is 0 Å². The lowest BCUT2D eigenvalue weighted by molar-refractivity contribution is 0.134. The number of hydrogen-bond acceptors (Lipinski definition) is 3. The number of rotatable bonds is 6. The number of aliphatic imine (C=N–C) groups is 1. The fourth-order valence-electron chi connectivity index (χ4n) is 4.43. The lowest BCUT2D eigenvalue weighted by Gasteiger charge is -2.38. The van der Waals surface area contributed by atoms with Crippen molar-refractivity contribution < 1.29 is 0 Å². The summed E-state index contributed by atoms with van der Waals surface area (Å²) in [6, 6.07) is 15.9. The predicted molar refractivity (Wildman–Crippen MR) is 143 cm³/mol. The maximum Gasteiger partial charge on any atom is 0.191 e. The molecule has 1 fully saturated rings. The number of imidazole rings is 1. The Hall–Kier alpha value is -2.13. The Morgan fingerprint density at radius 2 is 2.00 bits per heavy atom. The van der Waals surface area contributed by atoms with Crippen molar-refractivity contribution in [1.82, 2.24) is 24.9 Å². The number of halogens is 1. The van der Waals surface area contributed by atoms with Crippen LogP contribution in [0.1, 0.15) is 36.6 Å². The van der Waals surface area contributed by atoms with E-state index in [1.165, 1.54) is 11.1 Å². The Morgan fingerprint density at radius 3 is 2.72 bits per heavy atom. The second-order valence-corrected chi connectivity index (χ2v) is 8.57. The highest BCUT2D eigenvalue weighted by Crippen LogP contribution is 2.20. The summed E-state index contributed by atoms with van der Waals surface area (Å²) in [5.74, 6) is 0.883. The molecule has 0 saturated carbocycles. The molecular weight excluding hydrogens is 511 g/mol. The van der Waals surface area contributed by atoms with Gasteiger partial charge in [-0.2, -0.15) is 0 Å². The van der Waals surface area contributed by atoms with E-state index < -0.39 is 0 Å². The first kappa shape index (κ1) is 24.5. The van der Waals surface area contributed by atoms with E-state index in [4.69, 9.17) is 4.98 Å². The third-order valence-corrected chi connectivity index (χ3v) is 6.21. The van der Waals surface area contributed by atoms with Gasteiger partial charge in [0.05, 0.1) is 5.69 Å². The van der Waals surface area contributed by atoms with Gasteiger partial charge in [0.2, 0.25) is 0 Å². The van der Waals surface area contributed by atoms with Gasteiger partial charge >= 0.3 is 0 Å². The fraction of sp³-hybridized carbons (Fsp3) is 0.440. The van der Waals surface area contributed by atoms with E-state index >= 15 is 0 Å². The summed E-state index contributed by atoms with van der Waals surface area (Å²) >= 11 is 0. The van der Waals surface area contributed by atoms with Gasteiger partial charge in [-0.25, -0.2) is 4.98 Å². The zero-order valence-electron chi connectivity index (χ0n) is 19.3. The Morgan fingerprint density at radius 1 is 1.19 bits per heavy atom. The first-order valence-electron chi connectivity index (χ1n) is 11.3. The molecule has 4 rings (SSSR count). The number of nitrogens with zero attached hydrogens (tertiary/aromatic N) is 4. The van der Waals surface area contributed by atoms with E-state index in [1.807, 2.05) is 7.05 Å². The first-order valence-corrected chi connectivity index (χ1v) is 11.3. The smallest absolute Gasteiger partial charge is 0.191 e. The molecule has 2 N–H and O–H groups in total. The Kier molecular flexibility index (Phi) is 8.92. The molecule has 6 nitrogen and oxygen atoms in total. The maximum absolute atomic E-state index is 4.76. The molecule has 32 heavy (non-hydrogen) atoms. The molecule has 7 heteroatoms. The predicted octanol–water partition coefficient (Wildman–Crippen LogP) is 4.02. The summed E-state index contributed by atoms with van der Waals surface area (Å²) in [4.78, 5) is 11.8. The summed E-state index contributed by atoms with van der Waals surface area (Å²) in [5.41, 5.74) is 4.73. The van der Waals surface area contributed by atoms with Gasteiger partial charge in [-0.1, -0.05) is 36.4 Å². The number of guanidine groups is 1. The van der Waals surface area contributed by atoms with Gasteiger partial charge in [-0.15, -0.1) is 24.0 Å². The van der Waals surface area contributed by atoms with E-state index in [0.29, 0.717) is 12.1 Å². The minimum Gasteiger partial charge on any atom is -0.356 e. The number of aryl methyl sites for hydroxylation is 1. The third kappa shape index (κ3) is 6.22. The molecule has 1 aromatic carbocycles. The topological polar surface area (TPSA) is 57.0 Å². The van der Waals surface area contributed by atoms with Crippen LogP contribution in [0.5, 0.6) is 0 Å². The number of pyridine rings is 1. The molecule has 3 aromatic rings. The maximum atomic E-state index is 4.76. The van der Waals surface area contributed by atoms with Crippen molar-refractivity contribution in [3.8, 4) is 0 Å². The highest BCUT2D eigenvalue weighted by Gasteiger charge is 2.25. The Balaban J connectivity index is 0.00000289. The third-order valence-electron chi connectivity index (χ3n) is 6.21. The summed E-state index contributed by atoms with van der Waals surface area (Å²) in [5, 5.41) is 7.10. The quantitative estimate of drug-likeness (QED) is 0.279. The number of likely N-dealkylation sites (tertiary alicyclic amines) is 1. The number of benzene rings is 1. The minimum atomic E-state index is 0. The molecule has 0 bridgehead atoms. The molecule has 2 atom stereocenters. The highest BCUT2D eigenvalue weighted by atomic mass is 127. The summed E-state index contributed by atoms with van der Waals surface area (Å²) in [7, 11) is 1.84. The molecule has 2 unspecified atom stereocenters. The summed E-state index contributed by atoms with van der Waals surface area (Å²) in [6.45, 7) is 7.37. The molecule has 1 aliphatic rings. The van der Waals surface area contributed by atoms with Crippen molar-refractivity contribution in [2.24, 2.45) is 4.99 Å². The van der Waals surface area contributed by atoms with Crippen LogP contribution in [-0.4, -0.2) is 52.5 Å². The van der Waals surface area contributed by atoms with Crippen LogP contribution < -0.4 is 10.6 Å². The Bertz CT molecular complexity index is 1020. The zero-order chi connectivity index (χ0) is 21.6. The SMILES string of the molecule is CN=C(NCCc1cn2cccc(C)c2n1)NC1CCN(Cc2ccccc2)C(C)C1.I. The number of aromatic nitrogens is 2. The average molecular weight is 547 g/mol. The number of nitrogens with one attached hydrogen (secondary N) is 2. The van der Waals surface area contributed by atoms with E-state index in [-0.39, 0.29) is 24.0 Å². The van der Waals surface area contributed by atoms with E-state index in [2.05, 4.69) is 93.6 Å². The monoisotopic (exact) mass is 546 g/mol. The summed E-state index contributed by atoms with van der Waals surface area (Å²) < 4.78 is 2.10. The highest BCUT2D eigenvalue weighted by molar-refractivity contribution is 14.0. The molecule has 172 valence electrons. The average Bonchev–Trinajstić information content (AvgIpc) is 3.20. The molecule has 0 radical (unpaired) electrons. The van der Waals surface area contributed by atoms with Crippen molar-refractivity contribution >= 4 is 35.6 Å². The zero-order valence-corrected chi connectivity index (χ0v) is 21.6. The lowest BCUT2D eigenvalue weighted by atomic mass is 9.97. The number of fused-ring (bicyclic) bond motifs is 1. The van der Waals surface area contributed by atoms with Gasteiger partial charge in [0.1, 0.15) is 5.65 Å². The van der Waals surface area contributed by atoms with Gasteiger partial charge < -0.3 is 15.0 Å². The van der Waals surface area contributed by atoms with Crippen LogP contribution in [0.25, 0.3) is 5.65 Å². The number of hydrogen-bond donors (Lipinski definition) is 2. The van der Waals surface area contributed by atoms with Gasteiger partial charge in [0.15, 0.2) is 5.96 Å². The van der Waals surface area contributed by atoms with Crippen LogP contribution in [-0.2, 0) is 13.0 Å². The second-order valence-electron chi connectivity index (χ2n) is 8.57. The van der Waals surface area contributed by atoms with Crippen LogP contribution in [0.15, 0.2) is 59.9 Å². The van der Waals surface area contributed by atoms with E-state index in [0.717, 1.165) is 56.2 Å². The second kappa shape index (κ2) is 11.7. The normalized spacial score (nSPS) is 19.5. The van der Waals surface area contributed by atoms with E-state index in [9.17, 15) is 0 Å². The Labute approximate surface area is 208 Å². The van der Waals surface area contributed by atoms with Gasteiger partial charge in [-0.05, 0) is 43.9 Å². The minimum absolute atomic E-state index is 0. The molecule has 0 spiro atoms. The molecular formula is C25H35IN6. The molecule has 0 amide bonds. The first-order chi connectivity index (χ1) is 15.1. The van der Waals surface area contributed by atoms with Crippen LogP contribution in [0.4, 0.5) is 0 Å². The molecule has 2 aromatic heterocycles. The fourth-order valence-corrected chi connectivity index (χ4v) is 4.43. The van der Waals surface area contributed by atoms with Crippen molar-refractivity contribution in [2.75, 3.05) is 20.1 Å². The standard InChI is InChI=1S/C25H34N6.HI/c1-19-8-7-14-31-18-23(28-24(19)31)11-13-27-25(26-3)29-22-12-15-30(20(2)16-22)17-21-9-5-4-6-10-21;/h4-10,14,18,20,22H,11-13,15-17H2,1-3H3,(H2,26,27,29);1H. The molecule has 1 aliphatic heterocycles. The largest absolute Gasteiger partial charge is 0.356 e. The summed E-state index contributed by atoms with van der Waals surface area (Å²) in [6.07, 6.45) is 7.29. The van der Waals surface area contributed by atoms with Gasteiger partial charge in [-0.3, -0.25) is 9.89 Å². The molecule has 1 saturated heterocycles. The number of piperidine rings is 1. The van der Waals surface area contributed by atoms with Crippen LogP contribution >= 0.6 is 24.0 Å². The van der Waals surface area contributed by atoms with Crippen LogP contribution in [0.2, 0.25) is 0 Å². The molecule has 3 heterocycles.